The van der Waals surface area contributed by atoms with E-state index < -0.39 is 17.4 Å². The van der Waals surface area contributed by atoms with Crippen LogP contribution in [0.3, 0.4) is 0 Å². The van der Waals surface area contributed by atoms with Crippen molar-refractivity contribution in [3.8, 4) is 5.75 Å². The molecule has 0 bridgehead atoms. The highest BCUT2D eigenvalue weighted by Crippen LogP contribution is 2.35. The van der Waals surface area contributed by atoms with E-state index in [1.807, 2.05) is 0 Å². The normalized spacial score (nSPS) is 21.2. The Morgan fingerprint density at radius 3 is 2.67 bits per heavy atom. The number of nitrogens with zero attached hydrogens (tertiary/aromatic N) is 3. The molecule has 1 amide bonds. The molecule has 1 heterocycles. The standard InChI is InChI=1S/C23H18Cl2N4O4/c1-13-20(21(31)29(27-13)15-8-9-17(24)18(25)11-15)26-28-23(22(32)33)10-4-5-14(12-23)16-6-2-3-7-19(16)30/h2-11,28,30H,12H2,1H3,(H,32,33). The largest absolute Gasteiger partial charge is 0.507 e. The molecular formula is C23H18Cl2N4O4. The topological polar surface area (TPSA) is 115 Å². The van der Waals surface area contributed by atoms with E-state index in [4.69, 9.17) is 23.2 Å². The van der Waals surface area contributed by atoms with Crippen molar-refractivity contribution in [1.82, 2.24) is 5.43 Å². The number of hydrogen-bond acceptors (Lipinski definition) is 6. The number of halogens is 2. The van der Waals surface area contributed by atoms with Crippen LogP contribution in [0.5, 0.6) is 5.75 Å². The van der Waals surface area contributed by atoms with Gasteiger partial charge >= 0.3 is 11.9 Å². The number of hydrazone groups is 2. The summed E-state index contributed by atoms with van der Waals surface area (Å²) in [5.41, 5.74) is 2.81. The summed E-state index contributed by atoms with van der Waals surface area (Å²) in [6.07, 6.45) is 4.75. The van der Waals surface area contributed by atoms with Crippen molar-refractivity contribution in [3.05, 3.63) is 76.3 Å². The monoisotopic (exact) mass is 484 g/mol. The molecule has 1 aliphatic carbocycles. The van der Waals surface area contributed by atoms with E-state index in [0.29, 0.717) is 27.6 Å². The number of anilines is 1. The number of aliphatic carboxylic acids is 1. The van der Waals surface area contributed by atoms with E-state index >= 15 is 0 Å². The lowest BCUT2D eigenvalue weighted by Gasteiger charge is -2.29. The Morgan fingerprint density at radius 2 is 1.97 bits per heavy atom. The van der Waals surface area contributed by atoms with E-state index in [2.05, 4.69) is 15.6 Å². The number of phenols is 1. The molecule has 10 heteroatoms. The lowest BCUT2D eigenvalue weighted by molar-refractivity contribution is -0.142. The Kier molecular flexibility index (Phi) is 5.97. The molecule has 0 spiro atoms. The molecule has 1 aliphatic heterocycles. The van der Waals surface area contributed by atoms with Gasteiger partial charge in [0.1, 0.15) is 5.75 Å². The molecule has 1 atom stereocenters. The molecule has 3 N–H and O–H groups in total. The first kappa shape index (κ1) is 22.6. The zero-order chi connectivity index (χ0) is 23.8. The summed E-state index contributed by atoms with van der Waals surface area (Å²) >= 11 is 12.0. The lowest BCUT2D eigenvalue weighted by Crippen LogP contribution is -2.50. The van der Waals surface area contributed by atoms with Gasteiger partial charge in [0.05, 0.1) is 21.4 Å². The molecule has 2 aliphatic rings. The number of para-hydroxylation sites is 1. The number of nitrogens with one attached hydrogen (secondary N) is 1. The molecule has 0 aromatic heterocycles. The number of aromatic hydroxyl groups is 1. The summed E-state index contributed by atoms with van der Waals surface area (Å²) in [5, 5.41) is 30.2. The summed E-state index contributed by atoms with van der Waals surface area (Å²) in [5.74, 6) is -1.70. The minimum Gasteiger partial charge on any atom is -0.507 e. The molecule has 2 aromatic rings. The Labute approximate surface area is 199 Å². The van der Waals surface area contributed by atoms with Crippen molar-refractivity contribution in [2.45, 2.75) is 18.9 Å². The van der Waals surface area contributed by atoms with Crippen molar-refractivity contribution < 1.29 is 19.8 Å². The second kappa shape index (κ2) is 8.73. The second-order valence-electron chi connectivity index (χ2n) is 7.49. The number of allylic oxidation sites excluding steroid dienone is 2. The van der Waals surface area contributed by atoms with E-state index in [9.17, 15) is 19.8 Å². The van der Waals surface area contributed by atoms with Crippen molar-refractivity contribution in [1.29, 1.82) is 0 Å². The zero-order valence-corrected chi connectivity index (χ0v) is 18.8. The van der Waals surface area contributed by atoms with Gasteiger partial charge in [0.25, 0.3) is 0 Å². The van der Waals surface area contributed by atoms with Gasteiger partial charge in [0, 0.05) is 12.0 Å². The minimum atomic E-state index is -1.63. The van der Waals surface area contributed by atoms with Gasteiger partial charge in [-0.25, -0.2) is 4.79 Å². The van der Waals surface area contributed by atoms with Crippen LogP contribution in [0.25, 0.3) is 5.57 Å². The highest BCUT2D eigenvalue weighted by atomic mass is 35.5. The maximum absolute atomic E-state index is 12.9. The first-order valence-corrected chi connectivity index (χ1v) is 10.6. The van der Waals surface area contributed by atoms with Gasteiger partial charge in [0.2, 0.25) is 0 Å². The predicted octanol–water partition coefficient (Wildman–Crippen LogP) is 4.23. The number of carboxylic acids is 1. The molecule has 0 fully saturated rings. The number of carbonyl (C=O) groups is 2. The summed E-state index contributed by atoms with van der Waals surface area (Å²) < 4.78 is 0. The van der Waals surface area contributed by atoms with Crippen LogP contribution in [-0.2, 0) is 9.59 Å². The quantitative estimate of drug-likeness (QED) is 0.549. The van der Waals surface area contributed by atoms with Crippen LogP contribution in [-0.4, -0.2) is 39.1 Å². The number of hydrogen-bond donors (Lipinski definition) is 3. The number of amides is 1. The van der Waals surface area contributed by atoms with E-state index in [1.165, 1.54) is 18.2 Å². The summed E-state index contributed by atoms with van der Waals surface area (Å²) in [4.78, 5) is 25.2. The average molecular weight is 485 g/mol. The molecule has 0 radical (unpaired) electrons. The van der Waals surface area contributed by atoms with Gasteiger partial charge in [0.15, 0.2) is 11.3 Å². The van der Waals surface area contributed by atoms with Crippen LogP contribution in [0.4, 0.5) is 5.69 Å². The SMILES string of the molecule is CC1=NN(c2ccc(Cl)c(Cl)c2)C(=O)C1=NNC1(C(=O)O)C=CC=C(c2ccccc2O)C1. The van der Waals surface area contributed by atoms with Gasteiger partial charge in [-0.1, -0.05) is 53.6 Å². The third-order valence-electron chi connectivity index (χ3n) is 5.28. The Balaban J connectivity index is 1.61. The summed E-state index contributed by atoms with van der Waals surface area (Å²) in [6.45, 7) is 1.59. The molecule has 33 heavy (non-hydrogen) atoms. The van der Waals surface area contributed by atoms with Gasteiger partial charge in [-0.05, 0) is 42.8 Å². The molecule has 2 aromatic carbocycles. The Bertz CT molecular complexity index is 1280. The van der Waals surface area contributed by atoms with Crippen molar-refractivity contribution in [3.63, 3.8) is 0 Å². The van der Waals surface area contributed by atoms with Crippen LogP contribution in [0.2, 0.25) is 10.0 Å². The fourth-order valence-corrected chi connectivity index (χ4v) is 3.81. The molecule has 4 rings (SSSR count). The number of carboxylic acid groups (broad SMARTS) is 1. The Hall–Kier alpha value is -3.62. The van der Waals surface area contributed by atoms with Crippen LogP contribution in [0.1, 0.15) is 18.9 Å². The molecule has 1 unspecified atom stereocenters. The van der Waals surface area contributed by atoms with Crippen LogP contribution in [0.15, 0.2) is 70.9 Å². The smallest absolute Gasteiger partial charge is 0.335 e. The Morgan fingerprint density at radius 1 is 1.21 bits per heavy atom. The number of phenolic OH excluding ortho intramolecular Hbond substituents is 1. The predicted molar refractivity (Wildman–Crippen MR) is 128 cm³/mol. The second-order valence-corrected chi connectivity index (χ2v) is 8.31. The van der Waals surface area contributed by atoms with Gasteiger partial charge in [-0.2, -0.15) is 15.2 Å². The molecule has 168 valence electrons. The minimum absolute atomic E-state index is 0.00588. The first-order chi connectivity index (χ1) is 15.7. The van der Waals surface area contributed by atoms with Crippen molar-refractivity contribution in [2.24, 2.45) is 10.2 Å². The van der Waals surface area contributed by atoms with Crippen LogP contribution in [0, 0.1) is 0 Å². The van der Waals surface area contributed by atoms with Crippen LogP contribution >= 0.6 is 23.2 Å². The fourth-order valence-electron chi connectivity index (χ4n) is 3.52. The highest BCUT2D eigenvalue weighted by Gasteiger charge is 2.40. The van der Waals surface area contributed by atoms with Gasteiger partial charge < -0.3 is 10.2 Å². The van der Waals surface area contributed by atoms with Crippen molar-refractivity contribution in [2.75, 3.05) is 5.01 Å². The van der Waals surface area contributed by atoms with Crippen LogP contribution < -0.4 is 10.4 Å². The van der Waals surface area contributed by atoms with E-state index in [1.54, 1.807) is 49.4 Å². The number of benzene rings is 2. The molecule has 0 saturated carbocycles. The highest BCUT2D eigenvalue weighted by molar-refractivity contribution is 6.71. The first-order valence-electron chi connectivity index (χ1n) is 9.82. The number of rotatable bonds is 5. The number of carbonyl (C=O) groups excluding carboxylic acids is 1. The maximum atomic E-state index is 12.9. The van der Waals surface area contributed by atoms with E-state index in [-0.39, 0.29) is 22.9 Å². The van der Waals surface area contributed by atoms with Gasteiger partial charge in [-0.15, -0.1) is 0 Å². The zero-order valence-electron chi connectivity index (χ0n) is 17.3. The van der Waals surface area contributed by atoms with E-state index in [0.717, 1.165) is 5.01 Å². The third-order valence-corrected chi connectivity index (χ3v) is 6.02. The summed E-state index contributed by atoms with van der Waals surface area (Å²) in [6, 6.07) is 11.3. The van der Waals surface area contributed by atoms with Crippen molar-refractivity contribution >= 4 is 57.8 Å². The molecular weight excluding hydrogens is 467 g/mol. The van der Waals surface area contributed by atoms with Gasteiger partial charge in [-0.3, -0.25) is 10.2 Å². The summed E-state index contributed by atoms with van der Waals surface area (Å²) in [7, 11) is 0. The third kappa shape index (κ3) is 4.22. The fraction of sp³-hybridized carbons (Fsp3) is 0.130. The average Bonchev–Trinajstić information content (AvgIpc) is 3.08. The lowest BCUT2D eigenvalue weighted by atomic mass is 9.84. The molecule has 8 nitrogen and oxygen atoms in total. The maximum Gasteiger partial charge on any atom is 0.335 e. The molecule has 0 saturated heterocycles.